The van der Waals surface area contributed by atoms with Crippen LogP contribution in [0.25, 0.3) is 21.6 Å². The number of nitrogens with one attached hydrogen (secondary N) is 3. The normalized spacial score (nSPS) is 16.9. The molecule has 2 saturated heterocycles. The van der Waals surface area contributed by atoms with E-state index in [2.05, 4.69) is 38.5 Å². The van der Waals surface area contributed by atoms with Gasteiger partial charge in [-0.2, -0.15) is 0 Å². The van der Waals surface area contributed by atoms with Crippen LogP contribution < -0.4 is 30.6 Å². The van der Waals surface area contributed by atoms with Crippen molar-refractivity contribution in [3.05, 3.63) is 151 Å². The van der Waals surface area contributed by atoms with E-state index in [0.29, 0.717) is 53.5 Å². The lowest BCUT2D eigenvalue weighted by Gasteiger charge is -2.37. The van der Waals surface area contributed by atoms with Crippen LogP contribution in [-0.2, 0) is 34.0 Å². The van der Waals surface area contributed by atoms with Crippen LogP contribution in [0.3, 0.4) is 0 Å². The molecule has 2 aromatic heterocycles. The number of amides is 4. The fourth-order valence-electron chi connectivity index (χ4n) is 11.1. The number of carbonyl (C=O) groups is 4. The molecule has 0 aliphatic carbocycles. The molecule has 3 aliphatic heterocycles. The summed E-state index contributed by atoms with van der Waals surface area (Å²) >= 11 is 1.52. The van der Waals surface area contributed by atoms with Gasteiger partial charge in [0, 0.05) is 92.0 Å². The van der Waals surface area contributed by atoms with Crippen molar-refractivity contribution in [3.63, 3.8) is 0 Å². The standard InChI is InChI=1S/C60H69N7O9S/c1-8-65(45-19-21-74-22-20-45)51-27-44(26-49(38(51)6)56(69)62-31-50-36(4)25-37(5)64-57(50)70)40-15-17-47(18-16-40)75-23-24-76-53-28-41(55-39(7)63-34-77-55)13-14-42(53)30-61-58(71)52-29-46(68)33-66(52)60(73)54(35(2)3)67-32-43-11-9-10-12-48(43)59(67)72/h9-18,25-28,34-35,45-46,52,54,68H,8,19-24,29-33H2,1-7H3,(H,61,71)(H,62,69)(H,64,70)/t46-,52?,54+/m1/s1. The number of rotatable bonds is 19. The number of aryl methyl sites for hydroxylation is 3. The van der Waals surface area contributed by atoms with Crippen LogP contribution in [0.4, 0.5) is 5.69 Å². The molecule has 6 aromatic rings. The molecule has 17 heteroatoms. The van der Waals surface area contributed by atoms with E-state index in [1.54, 1.807) is 22.5 Å². The average molecular weight is 1060 g/mol. The smallest absolute Gasteiger partial charge is 0.255 e. The molecule has 4 N–H and O–H groups in total. The van der Waals surface area contributed by atoms with Crippen LogP contribution in [0.5, 0.6) is 11.5 Å². The highest BCUT2D eigenvalue weighted by Gasteiger charge is 2.46. The number of likely N-dealkylation sites (tertiary alicyclic amines) is 1. The van der Waals surface area contributed by atoms with Gasteiger partial charge in [0.05, 0.1) is 22.2 Å². The number of aliphatic hydroxyl groups is 1. The molecule has 5 heterocycles. The van der Waals surface area contributed by atoms with Crippen LogP contribution in [0.15, 0.2) is 95.2 Å². The Morgan fingerprint density at radius 3 is 2.34 bits per heavy atom. The van der Waals surface area contributed by atoms with Crippen LogP contribution in [0, 0.1) is 33.6 Å². The van der Waals surface area contributed by atoms with Gasteiger partial charge in [0.25, 0.3) is 17.4 Å². The Hall–Kier alpha value is -7.34. The first kappa shape index (κ1) is 54.4. The fraction of sp³-hybridized carbons (Fsp3) is 0.400. The minimum absolute atomic E-state index is 0.0176. The second kappa shape index (κ2) is 23.9. The van der Waals surface area contributed by atoms with Crippen molar-refractivity contribution in [2.24, 2.45) is 5.92 Å². The minimum atomic E-state index is -0.938. The van der Waals surface area contributed by atoms with E-state index in [9.17, 15) is 29.1 Å². The van der Waals surface area contributed by atoms with Crippen molar-refractivity contribution in [2.75, 3.05) is 44.4 Å². The topological polar surface area (TPSA) is 196 Å². The number of aromatic amines is 1. The molecule has 4 amide bonds. The Morgan fingerprint density at radius 1 is 0.896 bits per heavy atom. The number of anilines is 1. The van der Waals surface area contributed by atoms with Gasteiger partial charge in [0.2, 0.25) is 11.8 Å². The van der Waals surface area contributed by atoms with Gasteiger partial charge >= 0.3 is 0 Å². The highest BCUT2D eigenvalue weighted by atomic mass is 32.1. The maximum atomic E-state index is 14.4. The molecule has 77 heavy (non-hydrogen) atoms. The van der Waals surface area contributed by atoms with Crippen LogP contribution in [-0.4, -0.2) is 112 Å². The summed E-state index contributed by atoms with van der Waals surface area (Å²) in [5, 5.41) is 16.9. The van der Waals surface area contributed by atoms with E-state index in [-0.39, 0.29) is 74.5 Å². The molecular weight excluding hydrogens is 995 g/mol. The first-order valence-electron chi connectivity index (χ1n) is 26.6. The van der Waals surface area contributed by atoms with Gasteiger partial charge in [0.1, 0.15) is 36.8 Å². The van der Waals surface area contributed by atoms with Gasteiger partial charge in [-0.05, 0) is 129 Å². The van der Waals surface area contributed by atoms with Crippen molar-refractivity contribution >= 4 is 40.7 Å². The predicted octanol–water partition coefficient (Wildman–Crippen LogP) is 8.05. The lowest BCUT2D eigenvalue weighted by molar-refractivity contribution is -0.143. The number of fused-ring (bicyclic) bond motifs is 1. The SMILES string of the molecule is CCN(c1cc(-c2ccc(OCCOc3cc(-c4scnc4C)ccc3CNC(=O)C3C[C@@H](O)CN3C(=O)[C@H](C(C)C)N3Cc4ccccc4C3=O)cc2)cc(C(=O)NCc2c(C)cc(C)[nH]c2=O)c1C)C1CCOCC1. The molecule has 1 unspecified atom stereocenters. The quantitative estimate of drug-likeness (QED) is 0.0573. The maximum Gasteiger partial charge on any atom is 0.255 e. The van der Waals surface area contributed by atoms with E-state index in [1.165, 1.54) is 16.2 Å². The molecule has 9 rings (SSSR count). The molecule has 2 fully saturated rings. The molecule has 4 aromatic carbocycles. The Balaban J connectivity index is 0.880. The largest absolute Gasteiger partial charge is 0.490 e. The number of aromatic nitrogens is 2. The number of pyridine rings is 1. The van der Waals surface area contributed by atoms with E-state index < -0.39 is 24.1 Å². The molecule has 0 bridgehead atoms. The number of aliphatic hydroxyl groups excluding tert-OH is 1. The number of carbonyl (C=O) groups excluding carboxylic acids is 4. The summed E-state index contributed by atoms with van der Waals surface area (Å²) in [6, 6.07) is 25.3. The van der Waals surface area contributed by atoms with E-state index >= 15 is 0 Å². The summed E-state index contributed by atoms with van der Waals surface area (Å²) in [5.41, 5.74) is 11.7. The van der Waals surface area contributed by atoms with Crippen LogP contribution in [0.2, 0.25) is 0 Å². The summed E-state index contributed by atoms with van der Waals surface area (Å²) < 4.78 is 18.4. The summed E-state index contributed by atoms with van der Waals surface area (Å²) in [4.78, 5) is 82.6. The number of benzene rings is 4. The fourth-order valence-corrected chi connectivity index (χ4v) is 11.9. The van der Waals surface area contributed by atoms with Crippen LogP contribution >= 0.6 is 11.3 Å². The van der Waals surface area contributed by atoms with Gasteiger partial charge in [-0.1, -0.05) is 56.3 Å². The Kier molecular flexibility index (Phi) is 16.9. The van der Waals surface area contributed by atoms with Gasteiger partial charge in [-0.15, -0.1) is 11.3 Å². The lowest BCUT2D eigenvalue weighted by Crippen LogP contribution is -2.55. The number of β-amino-alcohol motifs (C(OH)–C–C–N with tert-alkyl or cyclic N) is 1. The molecule has 0 radical (unpaired) electrons. The average Bonchev–Trinajstić information content (AvgIpc) is 4.13. The highest BCUT2D eigenvalue weighted by molar-refractivity contribution is 7.13. The number of H-pyrrole nitrogens is 1. The van der Waals surface area contributed by atoms with Crippen molar-refractivity contribution in [1.82, 2.24) is 30.4 Å². The third kappa shape index (κ3) is 12.0. The summed E-state index contributed by atoms with van der Waals surface area (Å²) in [7, 11) is 0. The van der Waals surface area contributed by atoms with Crippen molar-refractivity contribution in [2.45, 2.75) is 112 Å². The van der Waals surface area contributed by atoms with Crippen molar-refractivity contribution in [1.29, 1.82) is 0 Å². The predicted molar refractivity (Wildman–Crippen MR) is 297 cm³/mol. The Labute approximate surface area is 453 Å². The molecule has 3 atom stereocenters. The molecule has 0 spiro atoms. The second-order valence-corrected chi connectivity index (χ2v) is 21.5. The minimum Gasteiger partial charge on any atom is -0.490 e. The molecule has 0 saturated carbocycles. The Morgan fingerprint density at radius 2 is 1.64 bits per heavy atom. The summed E-state index contributed by atoms with van der Waals surface area (Å²) in [6.45, 7) is 16.5. The maximum absolute atomic E-state index is 14.4. The van der Waals surface area contributed by atoms with Gasteiger partial charge in [-0.25, -0.2) is 4.98 Å². The third-order valence-electron chi connectivity index (χ3n) is 15.1. The molecule has 3 aliphatic rings. The Bertz CT molecular complexity index is 3200. The lowest BCUT2D eigenvalue weighted by atomic mass is 9.95. The van der Waals surface area contributed by atoms with Gasteiger partial charge < -0.3 is 49.6 Å². The number of hydrogen-bond acceptors (Lipinski definition) is 12. The number of hydrogen-bond donors (Lipinski definition) is 4. The van der Waals surface area contributed by atoms with Crippen molar-refractivity contribution < 1.29 is 38.5 Å². The highest BCUT2D eigenvalue weighted by Crippen LogP contribution is 2.36. The summed E-state index contributed by atoms with van der Waals surface area (Å²) in [6.07, 6.45) is 0.933. The first-order valence-corrected chi connectivity index (χ1v) is 27.5. The summed E-state index contributed by atoms with van der Waals surface area (Å²) in [5.74, 6) is -0.351. The van der Waals surface area contributed by atoms with E-state index in [1.807, 2.05) is 108 Å². The zero-order chi connectivity index (χ0) is 54.5. The second-order valence-electron chi connectivity index (χ2n) is 20.6. The number of thiazole rings is 1. The van der Waals surface area contributed by atoms with Crippen molar-refractivity contribution in [3.8, 4) is 33.1 Å². The zero-order valence-electron chi connectivity index (χ0n) is 44.9. The van der Waals surface area contributed by atoms with E-state index in [4.69, 9.17) is 14.2 Å². The van der Waals surface area contributed by atoms with Crippen LogP contribution in [0.1, 0.15) is 100.0 Å². The number of nitrogens with zero attached hydrogens (tertiary/aromatic N) is 4. The van der Waals surface area contributed by atoms with Gasteiger partial charge in [-0.3, -0.25) is 24.0 Å². The third-order valence-corrected chi connectivity index (χ3v) is 16.1. The zero-order valence-corrected chi connectivity index (χ0v) is 45.8. The first-order chi connectivity index (χ1) is 37.1. The number of ether oxygens (including phenoxy) is 3. The molecular formula is C60H69N7O9S. The molecule has 16 nitrogen and oxygen atoms in total. The molecule has 404 valence electrons. The monoisotopic (exact) mass is 1060 g/mol. The van der Waals surface area contributed by atoms with E-state index in [0.717, 1.165) is 74.7 Å². The van der Waals surface area contributed by atoms with Gasteiger partial charge in [0.15, 0.2) is 0 Å².